The third-order valence-corrected chi connectivity index (χ3v) is 4.66. The van der Waals surface area contributed by atoms with Crippen LogP contribution in [-0.4, -0.2) is 42.1 Å². The van der Waals surface area contributed by atoms with E-state index in [-0.39, 0.29) is 11.7 Å². The van der Waals surface area contributed by atoms with Gasteiger partial charge in [0, 0.05) is 43.8 Å². The number of aromatic nitrogens is 2. The van der Waals surface area contributed by atoms with E-state index in [0.717, 1.165) is 37.6 Å². The molecule has 142 valence electrons. The van der Waals surface area contributed by atoms with Gasteiger partial charge >= 0.3 is 0 Å². The van der Waals surface area contributed by atoms with Crippen LogP contribution in [0, 0.1) is 5.82 Å². The van der Waals surface area contributed by atoms with Crippen LogP contribution in [0.2, 0.25) is 0 Å². The lowest BCUT2D eigenvalue weighted by atomic mass is 10.2. The van der Waals surface area contributed by atoms with Crippen molar-refractivity contribution in [2.24, 2.45) is 0 Å². The minimum Gasteiger partial charge on any atom is -0.368 e. The van der Waals surface area contributed by atoms with Gasteiger partial charge in [-0.05, 0) is 42.5 Å². The number of amides is 1. The normalized spacial score (nSPS) is 14.0. The third kappa shape index (κ3) is 4.09. The Morgan fingerprint density at radius 1 is 0.893 bits per heavy atom. The van der Waals surface area contributed by atoms with Gasteiger partial charge in [0.2, 0.25) is 5.95 Å². The Kier molecular flexibility index (Phi) is 5.14. The van der Waals surface area contributed by atoms with E-state index < -0.39 is 0 Å². The minimum atomic E-state index is -0.264. The standard InChI is InChI=1S/C21H20FN5O/c22-16-6-8-18(9-7-16)26-12-14-27(15-13-26)21-23-11-10-19(25-21)20(28)24-17-4-2-1-3-5-17/h1-11H,12-15H2,(H,24,28). The molecular weight excluding hydrogens is 357 g/mol. The summed E-state index contributed by atoms with van der Waals surface area (Å²) in [4.78, 5) is 25.5. The lowest BCUT2D eigenvalue weighted by molar-refractivity contribution is 0.102. The van der Waals surface area contributed by atoms with Crippen LogP contribution in [0.1, 0.15) is 10.5 Å². The molecule has 1 amide bonds. The summed E-state index contributed by atoms with van der Waals surface area (Å²) >= 11 is 0. The van der Waals surface area contributed by atoms with E-state index in [4.69, 9.17) is 0 Å². The number of nitrogens with one attached hydrogen (secondary N) is 1. The average Bonchev–Trinajstić information content (AvgIpc) is 2.75. The van der Waals surface area contributed by atoms with Crippen LogP contribution >= 0.6 is 0 Å². The number of halogens is 1. The van der Waals surface area contributed by atoms with Crippen molar-refractivity contribution in [3.63, 3.8) is 0 Å². The van der Waals surface area contributed by atoms with E-state index in [2.05, 4.69) is 25.1 Å². The molecule has 0 spiro atoms. The lowest BCUT2D eigenvalue weighted by Crippen LogP contribution is -2.47. The SMILES string of the molecule is O=C(Nc1ccccc1)c1ccnc(N2CCN(c3ccc(F)cc3)CC2)n1. The van der Waals surface area contributed by atoms with Gasteiger partial charge in [-0.1, -0.05) is 18.2 Å². The quantitative estimate of drug-likeness (QED) is 0.757. The minimum absolute atomic E-state index is 0.235. The molecule has 6 nitrogen and oxygen atoms in total. The molecule has 2 heterocycles. The molecule has 1 N–H and O–H groups in total. The maximum atomic E-state index is 13.1. The van der Waals surface area contributed by atoms with Gasteiger partial charge in [0.15, 0.2) is 0 Å². The maximum absolute atomic E-state index is 13.1. The molecule has 1 aliphatic rings. The molecule has 0 atom stereocenters. The molecule has 3 aromatic rings. The highest BCUT2D eigenvalue weighted by Gasteiger charge is 2.20. The van der Waals surface area contributed by atoms with Crippen molar-refractivity contribution in [1.82, 2.24) is 9.97 Å². The molecule has 1 aromatic heterocycles. The number of para-hydroxylation sites is 1. The van der Waals surface area contributed by atoms with Gasteiger partial charge in [0.1, 0.15) is 11.5 Å². The maximum Gasteiger partial charge on any atom is 0.274 e. The first kappa shape index (κ1) is 17.9. The van der Waals surface area contributed by atoms with Crippen LogP contribution in [0.3, 0.4) is 0 Å². The van der Waals surface area contributed by atoms with E-state index in [1.807, 2.05) is 30.3 Å². The summed E-state index contributed by atoms with van der Waals surface area (Å²) in [7, 11) is 0. The van der Waals surface area contributed by atoms with Crippen molar-refractivity contribution in [2.45, 2.75) is 0 Å². The van der Waals surface area contributed by atoms with Crippen molar-refractivity contribution >= 4 is 23.2 Å². The first-order valence-corrected chi connectivity index (χ1v) is 9.14. The number of carbonyl (C=O) groups excluding carboxylic acids is 1. The summed E-state index contributed by atoms with van der Waals surface area (Å²) < 4.78 is 13.1. The Morgan fingerprint density at radius 2 is 1.57 bits per heavy atom. The second-order valence-corrected chi connectivity index (χ2v) is 6.51. The lowest BCUT2D eigenvalue weighted by Gasteiger charge is -2.36. The fraction of sp³-hybridized carbons (Fsp3) is 0.190. The van der Waals surface area contributed by atoms with Gasteiger partial charge < -0.3 is 15.1 Å². The Labute approximate surface area is 162 Å². The summed E-state index contributed by atoms with van der Waals surface area (Å²) in [6, 6.07) is 17.4. The van der Waals surface area contributed by atoms with Crippen LogP contribution < -0.4 is 15.1 Å². The summed E-state index contributed by atoms with van der Waals surface area (Å²) in [6.45, 7) is 2.99. The molecule has 0 bridgehead atoms. The zero-order valence-electron chi connectivity index (χ0n) is 15.3. The van der Waals surface area contributed by atoms with Gasteiger partial charge in [0.25, 0.3) is 5.91 Å². The molecule has 1 saturated heterocycles. The third-order valence-electron chi connectivity index (χ3n) is 4.66. The Balaban J connectivity index is 1.41. The number of nitrogens with zero attached hydrogens (tertiary/aromatic N) is 4. The van der Waals surface area contributed by atoms with E-state index in [1.165, 1.54) is 12.1 Å². The largest absolute Gasteiger partial charge is 0.368 e. The van der Waals surface area contributed by atoms with E-state index in [9.17, 15) is 9.18 Å². The zero-order valence-corrected chi connectivity index (χ0v) is 15.3. The van der Waals surface area contributed by atoms with E-state index in [1.54, 1.807) is 24.4 Å². The summed E-state index contributed by atoms with van der Waals surface area (Å²) in [5, 5.41) is 2.83. The molecule has 0 radical (unpaired) electrons. The van der Waals surface area contributed by atoms with Crippen LogP contribution in [0.4, 0.5) is 21.7 Å². The molecule has 28 heavy (non-hydrogen) atoms. The second kappa shape index (κ2) is 8.04. The average molecular weight is 377 g/mol. The molecule has 1 fully saturated rings. The molecule has 0 unspecified atom stereocenters. The van der Waals surface area contributed by atoms with Crippen LogP contribution in [-0.2, 0) is 0 Å². The monoisotopic (exact) mass is 377 g/mol. The fourth-order valence-corrected chi connectivity index (χ4v) is 3.16. The van der Waals surface area contributed by atoms with Crippen LogP contribution in [0.15, 0.2) is 66.9 Å². The van der Waals surface area contributed by atoms with Gasteiger partial charge in [0.05, 0.1) is 0 Å². The van der Waals surface area contributed by atoms with Crippen molar-refractivity contribution in [1.29, 1.82) is 0 Å². The van der Waals surface area contributed by atoms with Crippen molar-refractivity contribution in [3.8, 4) is 0 Å². The molecular formula is C21H20FN5O. The highest BCUT2D eigenvalue weighted by molar-refractivity contribution is 6.02. The molecule has 7 heteroatoms. The predicted octanol–water partition coefficient (Wildman–Crippen LogP) is 3.19. The summed E-state index contributed by atoms with van der Waals surface area (Å²) in [5.74, 6) is 0.0423. The Bertz CT molecular complexity index is 941. The number of hydrogen-bond donors (Lipinski definition) is 1. The Morgan fingerprint density at radius 3 is 2.29 bits per heavy atom. The second-order valence-electron chi connectivity index (χ2n) is 6.51. The molecule has 0 aliphatic carbocycles. The number of benzene rings is 2. The van der Waals surface area contributed by atoms with Crippen LogP contribution in [0.25, 0.3) is 0 Å². The molecule has 1 aliphatic heterocycles. The smallest absolute Gasteiger partial charge is 0.274 e. The highest BCUT2D eigenvalue weighted by atomic mass is 19.1. The Hall–Kier alpha value is -3.48. The molecule has 2 aromatic carbocycles. The highest BCUT2D eigenvalue weighted by Crippen LogP contribution is 2.19. The van der Waals surface area contributed by atoms with Crippen molar-refractivity contribution in [3.05, 3.63) is 78.4 Å². The van der Waals surface area contributed by atoms with Gasteiger partial charge in [-0.25, -0.2) is 14.4 Å². The van der Waals surface area contributed by atoms with E-state index in [0.29, 0.717) is 11.6 Å². The summed E-state index contributed by atoms with van der Waals surface area (Å²) in [5.41, 5.74) is 2.05. The van der Waals surface area contributed by atoms with Gasteiger partial charge in [-0.3, -0.25) is 4.79 Å². The number of hydrogen-bond acceptors (Lipinski definition) is 5. The van der Waals surface area contributed by atoms with Gasteiger partial charge in [-0.2, -0.15) is 0 Å². The van der Waals surface area contributed by atoms with Crippen molar-refractivity contribution in [2.75, 3.05) is 41.3 Å². The number of rotatable bonds is 4. The molecule has 4 rings (SSSR count). The van der Waals surface area contributed by atoms with E-state index >= 15 is 0 Å². The number of piperazine rings is 1. The summed E-state index contributed by atoms with van der Waals surface area (Å²) in [6.07, 6.45) is 1.61. The predicted molar refractivity (Wildman–Crippen MR) is 107 cm³/mol. The number of anilines is 3. The first-order chi connectivity index (χ1) is 13.7. The first-order valence-electron chi connectivity index (χ1n) is 9.14. The molecule has 0 saturated carbocycles. The fourth-order valence-electron chi connectivity index (χ4n) is 3.16. The van der Waals surface area contributed by atoms with Crippen LogP contribution in [0.5, 0.6) is 0 Å². The zero-order chi connectivity index (χ0) is 19.3. The topological polar surface area (TPSA) is 61.4 Å². The number of carbonyl (C=O) groups is 1. The van der Waals surface area contributed by atoms with Crippen molar-refractivity contribution < 1.29 is 9.18 Å². The van der Waals surface area contributed by atoms with Gasteiger partial charge in [-0.15, -0.1) is 0 Å².